The third kappa shape index (κ3) is 5.57. The highest BCUT2D eigenvalue weighted by atomic mass is 32.1. The van der Waals surface area contributed by atoms with Gasteiger partial charge in [0.2, 0.25) is 0 Å². The molecule has 0 aliphatic carbocycles. The van der Waals surface area contributed by atoms with Crippen molar-refractivity contribution >= 4 is 44.4 Å². The molecule has 0 aliphatic rings. The molecule has 3 rings (SSSR count). The molecule has 0 saturated heterocycles. The van der Waals surface area contributed by atoms with Crippen molar-refractivity contribution in [3.05, 3.63) is 69.3 Å². The molecule has 0 bridgehead atoms. The van der Waals surface area contributed by atoms with Gasteiger partial charge in [-0.2, -0.15) is 0 Å². The van der Waals surface area contributed by atoms with Crippen molar-refractivity contribution in [2.75, 3.05) is 31.1 Å². The van der Waals surface area contributed by atoms with E-state index in [0.29, 0.717) is 11.7 Å². The SMILES string of the molecule is CCN(CC)CCN(C(=O)C=Cc1ccc([N+](=O)[O-])cc1)c1nc2cc(C)c(C)cc2s1. The van der Waals surface area contributed by atoms with Crippen LogP contribution < -0.4 is 4.90 Å². The van der Waals surface area contributed by atoms with Crippen molar-refractivity contribution in [1.82, 2.24) is 9.88 Å². The summed E-state index contributed by atoms with van der Waals surface area (Å²) in [4.78, 5) is 32.3. The third-order valence-electron chi connectivity index (χ3n) is 5.55. The fourth-order valence-corrected chi connectivity index (χ4v) is 4.41. The van der Waals surface area contributed by atoms with Gasteiger partial charge in [-0.1, -0.05) is 25.2 Å². The number of aromatic nitrogens is 1. The van der Waals surface area contributed by atoms with E-state index < -0.39 is 4.92 Å². The summed E-state index contributed by atoms with van der Waals surface area (Å²) in [7, 11) is 0. The first-order valence-electron chi connectivity index (χ1n) is 10.7. The highest BCUT2D eigenvalue weighted by Crippen LogP contribution is 2.31. The van der Waals surface area contributed by atoms with Gasteiger partial charge in [-0.25, -0.2) is 4.98 Å². The van der Waals surface area contributed by atoms with Gasteiger partial charge in [0.25, 0.3) is 11.6 Å². The molecule has 1 aromatic heterocycles. The Morgan fingerprint density at radius 1 is 1.09 bits per heavy atom. The summed E-state index contributed by atoms with van der Waals surface area (Å²) in [5.74, 6) is -0.164. The number of hydrogen-bond acceptors (Lipinski definition) is 6. The lowest BCUT2D eigenvalue weighted by atomic mass is 10.1. The van der Waals surface area contributed by atoms with Crippen molar-refractivity contribution in [3.8, 4) is 0 Å². The first-order valence-corrected chi connectivity index (χ1v) is 11.5. The number of nitro benzene ring substituents is 1. The number of anilines is 1. The minimum atomic E-state index is -0.440. The molecule has 0 unspecified atom stereocenters. The maximum Gasteiger partial charge on any atom is 0.269 e. The maximum atomic E-state index is 13.2. The first-order chi connectivity index (χ1) is 15.3. The van der Waals surface area contributed by atoms with E-state index in [1.54, 1.807) is 23.1 Å². The van der Waals surface area contributed by atoms with Crippen LogP contribution in [0, 0.1) is 24.0 Å². The van der Waals surface area contributed by atoms with Crippen LogP contribution in [0.5, 0.6) is 0 Å². The lowest BCUT2D eigenvalue weighted by Gasteiger charge is -2.23. The fourth-order valence-electron chi connectivity index (χ4n) is 3.33. The Kier molecular flexibility index (Phi) is 7.71. The van der Waals surface area contributed by atoms with E-state index in [-0.39, 0.29) is 11.6 Å². The maximum absolute atomic E-state index is 13.2. The molecule has 32 heavy (non-hydrogen) atoms. The number of benzene rings is 2. The number of hydrogen-bond donors (Lipinski definition) is 0. The minimum absolute atomic E-state index is 0.0226. The van der Waals surface area contributed by atoms with E-state index in [0.717, 1.165) is 35.4 Å². The number of fused-ring (bicyclic) bond motifs is 1. The summed E-state index contributed by atoms with van der Waals surface area (Å²) >= 11 is 1.52. The minimum Gasteiger partial charge on any atom is -0.302 e. The van der Waals surface area contributed by atoms with E-state index in [9.17, 15) is 14.9 Å². The smallest absolute Gasteiger partial charge is 0.269 e. The second-order valence-electron chi connectivity index (χ2n) is 7.60. The predicted molar refractivity (Wildman–Crippen MR) is 131 cm³/mol. The quantitative estimate of drug-likeness (QED) is 0.253. The highest BCUT2D eigenvalue weighted by Gasteiger charge is 2.19. The van der Waals surface area contributed by atoms with Gasteiger partial charge in [0.05, 0.1) is 15.1 Å². The monoisotopic (exact) mass is 452 g/mol. The highest BCUT2D eigenvalue weighted by molar-refractivity contribution is 7.22. The zero-order valence-corrected chi connectivity index (χ0v) is 19.7. The summed E-state index contributed by atoms with van der Waals surface area (Å²) in [5, 5.41) is 11.5. The number of non-ortho nitro benzene ring substituents is 1. The normalized spacial score (nSPS) is 11.5. The molecule has 0 atom stereocenters. The number of rotatable bonds is 9. The lowest BCUT2D eigenvalue weighted by Crippen LogP contribution is -2.38. The van der Waals surface area contributed by atoms with Crippen LogP contribution in [0.15, 0.2) is 42.5 Å². The summed E-state index contributed by atoms with van der Waals surface area (Å²) in [6.45, 7) is 11.4. The molecule has 0 N–H and O–H groups in total. The molecule has 0 saturated carbocycles. The molecule has 0 fully saturated rings. The molecule has 1 heterocycles. The zero-order chi connectivity index (χ0) is 23.3. The Morgan fingerprint density at radius 2 is 1.75 bits per heavy atom. The largest absolute Gasteiger partial charge is 0.302 e. The van der Waals surface area contributed by atoms with E-state index in [2.05, 4.69) is 44.7 Å². The average molecular weight is 453 g/mol. The molecular weight excluding hydrogens is 424 g/mol. The van der Waals surface area contributed by atoms with E-state index in [4.69, 9.17) is 4.98 Å². The average Bonchev–Trinajstić information content (AvgIpc) is 3.17. The second-order valence-corrected chi connectivity index (χ2v) is 8.61. The Hall–Kier alpha value is -3.10. The Labute approximate surface area is 192 Å². The Bertz CT molecular complexity index is 1100. The first kappa shape index (κ1) is 23.6. The van der Waals surface area contributed by atoms with Crippen LogP contribution in [0.25, 0.3) is 16.3 Å². The Morgan fingerprint density at radius 3 is 2.38 bits per heavy atom. The summed E-state index contributed by atoms with van der Waals surface area (Å²) in [6, 6.07) is 10.3. The lowest BCUT2D eigenvalue weighted by molar-refractivity contribution is -0.384. The van der Waals surface area contributed by atoms with Gasteiger partial charge in [0, 0.05) is 31.3 Å². The summed E-state index contributed by atoms with van der Waals surface area (Å²) in [5.41, 5.74) is 4.02. The van der Waals surface area contributed by atoms with Crippen molar-refractivity contribution in [3.63, 3.8) is 0 Å². The summed E-state index contributed by atoms with van der Waals surface area (Å²) < 4.78 is 1.06. The second kappa shape index (κ2) is 10.5. The van der Waals surface area contributed by atoms with E-state index in [1.165, 1.54) is 40.7 Å². The van der Waals surface area contributed by atoms with Crippen molar-refractivity contribution in [2.45, 2.75) is 27.7 Å². The van der Waals surface area contributed by atoms with Gasteiger partial charge in [-0.3, -0.25) is 19.8 Å². The molecular formula is C24H28N4O3S. The van der Waals surface area contributed by atoms with E-state index in [1.807, 2.05) is 0 Å². The summed E-state index contributed by atoms with van der Waals surface area (Å²) in [6.07, 6.45) is 3.18. The molecule has 2 aromatic carbocycles. The number of aryl methyl sites for hydroxylation is 2. The van der Waals surface area contributed by atoms with Crippen molar-refractivity contribution in [1.29, 1.82) is 0 Å². The van der Waals surface area contributed by atoms with Gasteiger partial charge in [-0.05, 0) is 74.0 Å². The topological polar surface area (TPSA) is 79.6 Å². The van der Waals surface area contributed by atoms with Gasteiger partial charge in [0.1, 0.15) is 0 Å². The molecule has 0 aliphatic heterocycles. The molecule has 7 nitrogen and oxygen atoms in total. The standard InChI is InChI=1S/C24H28N4O3S/c1-5-26(6-2)13-14-27(24-25-21-15-17(3)18(4)16-22(21)32-24)23(29)12-9-19-7-10-20(11-8-19)28(30)31/h7-12,15-16H,5-6,13-14H2,1-4H3. The molecule has 1 amide bonds. The van der Waals surface area contributed by atoms with Crippen LogP contribution in [0.3, 0.4) is 0 Å². The van der Waals surface area contributed by atoms with Crippen LogP contribution in [0.1, 0.15) is 30.5 Å². The third-order valence-corrected chi connectivity index (χ3v) is 6.59. The molecule has 8 heteroatoms. The number of carbonyl (C=O) groups is 1. The van der Waals surface area contributed by atoms with Crippen LogP contribution >= 0.6 is 11.3 Å². The van der Waals surface area contributed by atoms with Crippen molar-refractivity contribution < 1.29 is 9.72 Å². The number of nitro groups is 1. The van der Waals surface area contributed by atoms with Gasteiger partial charge in [-0.15, -0.1) is 0 Å². The van der Waals surface area contributed by atoms with Gasteiger partial charge >= 0.3 is 0 Å². The molecule has 168 valence electrons. The Balaban J connectivity index is 1.87. The number of nitrogens with zero attached hydrogens (tertiary/aromatic N) is 4. The van der Waals surface area contributed by atoms with Crippen molar-refractivity contribution in [2.24, 2.45) is 0 Å². The fraction of sp³-hybridized carbons (Fsp3) is 0.333. The number of amides is 1. The van der Waals surface area contributed by atoms with Crippen LogP contribution in [-0.4, -0.2) is 46.9 Å². The predicted octanol–water partition coefficient (Wildman–Crippen LogP) is 5.21. The van der Waals surface area contributed by atoms with E-state index >= 15 is 0 Å². The number of likely N-dealkylation sites (N-methyl/N-ethyl adjacent to an activating group) is 1. The molecule has 0 spiro atoms. The van der Waals surface area contributed by atoms with Crippen LogP contribution in [0.2, 0.25) is 0 Å². The van der Waals surface area contributed by atoms with Crippen LogP contribution in [0.4, 0.5) is 10.8 Å². The van der Waals surface area contributed by atoms with Crippen LogP contribution in [-0.2, 0) is 4.79 Å². The number of thiazole rings is 1. The number of carbonyl (C=O) groups excluding carboxylic acids is 1. The molecule has 0 radical (unpaired) electrons. The zero-order valence-electron chi connectivity index (χ0n) is 18.9. The molecule has 3 aromatic rings. The van der Waals surface area contributed by atoms with Gasteiger partial charge in [0.15, 0.2) is 5.13 Å². The van der Waals surface area contributed by atoms with Gasteiger partial charge < -0.3 is 4.90 Å².